The number of amides is 1. The molecule has 4 heteroatoms. The normalized spacial score (nSPS) is 10.5. The second-order valence-corrected chi connectivity index (χ2v) is 4.76. The fourth-order valence-electron chi connectivity index (χ4n) is 1.48. The quantitative estimate of drug-likeness (QED) is 0.814. The molecule has 0 radical (unpaired) electrons. The van der Waals surface area contributed by atoms with Gasteiger partial charge in [-0.05, 0) is 43.0 Å². The summed E-state index contributed by atoms with van der Waals surface area (Å²) in [7, 11) is 0. The molecule has 1 amide bonds. The molecule has 0 heterocycles. The van der Waals surface area contributed by atoms with Crippen molar-refractivity contribution in [3.63, 3.8) is 0 Å². The Labute approximate surface area is 109 Å². The van der Waals surface area contributed by atoms with E-state index >= 15 is 0 Å². The van der Waals surface area contributed by atoms with E-state index in [1.807, 2.05) is 25.1 Å². The third-order valence-electron chi connectivity index (χ3n) is 2.62. The average Bonchev–Trinajstić information content (AvgIpc) is 2.32. The molecule has 0 spiro atoms. The van der Waals surface area contributed by atoms with E-state index < -0.39 is 0 Å². The van der Waals surface area contributed by atoms with Gasteiger partial charge in [0.2, 0.25) is 5.91 Å². The van der Waals surface area contributed by atoms with Gasteiger partial charge in [-0.15, -0.1) is 0 Å². The van der Waals surface area contributed by atoms with Crippen molar-refractivity contribution in [2.75, 3.05) is 18.5 Å². The molecule has 0 aliphatic rings. The number of benzene rings is 1. The third-order valence-corrected chi connectivity index (χ3v) is 2.62. The second-order valence-electron chi connectivity index (χ2n) is 4.76. The molecule has 0 unspecified atom stereocenters. The molecule has 0 atom stereocenters. The summed E-state index contributed by atoms with van der Waals surface area (Å²) < 4.78 is 5.65. The van der Waals surface area contributed by atoms with Crippen LogP contribution in [0.4, 0.5) is 5.69 Å². The summed E-state index contributed by atoms with van der Waals surface area (Å²) in [5, 5.41) is 2.74. The lowest BCUT2D eigenvalue weighted by molar-refractivity contribution is -0.114. The highest BCUT2D eigenvalue weighted by Gasteiger charge is 2.04. The maximum absolute atomic E-state index is 11.2. The fraction of sp³-hybridized carbons (Fsp3) is 0.500. The summed E-state index contributed by atoms with van der Waals surface area (Å²) in [6, 6.07) is 5.62. The number of anilines is 1. The van der Waals surface area contributed by atoms with E-state index in [1.165, 1.54) is 0 Å². The largest absolute Gasteiger partial charge is 0.494 e. The molecule has 0 aliphatic heterocycles. The van der Waals surface area contributed by atoms with Crippen LogP contribution in [0.5, 0.6) is 5.75 Å². The highest BCUT2D eigenvalue weighted by molar-refractivity contribution is 5.92. The number of ether oxygens (including phenoxy) is 1. The Morgan fingerprint density at radius 3 is 2.72 bits per heavy atom. The van der Waals surface area contributed by atoms with Gasteiger partial charge in [0.25, 0.3) is 0 Å². The molecule has 0 saturated heterocycles. The van der Waals surface area contributed by atoms with Gasteiger partial charge in [-0.3, -0.25) is 4.79 Å². The maximum atomic E-state index is 11.2. The summed E-state index contributed by atoms with van der Waals surface area (Å²) in [5.41, 5.74) is 7.01. The molecular formula is C14H22N2O2. The molecule has 1 aromatic rings. The van der Waals surface area contributed by atoms with E-state index in [9.17, 15) is 4.79 Å². The van der Waals surface area contributed by atoms with Gasteiger partial charge < -0.3 is 15.8 Å². The zero-order chi connectivity index (χ0) is 13.5. The summed E-state index contributed by atoms with van der Waals surface area (Å²) in [4.78, 5) is 11.2. The highest BCUT2D eigenvalue weighted by atomic mass is 16.5. The lowest BCUT2D eigenvalue weighted by Gasteiger charge is -2.11. The standard InChI is InChI=1S/C14H22N2O2/c1-10(2)6-7-18-12-4-5-13(11(3)8-12)16-14(17)9-15/h4-5,8,10H,6-7,9,15H2,1-3H3,(H,16,17). The fourth-order valence-corrected chi connectivity index (χ4v) is 1.48. The first-order valence-corrected chi connectivity index (χ1v) is 6.26. The molecule has 0 fully saturated rings. The van der Waals surface area contributed by atoms with Crippen molar-refractivity contribution in [2.24, 2.45) is 11.7 Å². The van der Waals surface area contributed by atoms with Crippen molar-refractivity contribution in [1.82, 2.24) is 0 Å². The van der Waals surface area contributed by atoms with Crippen LogP contribution in [0.3, 0.4) is 0 Å². The summed E-state index contributed by atoms with van der Waals surface area (Å²) >= 11 is 0. The van der Waals surface area contributed by atoms with Crippen LogP contribution in [0.15, 0.2) is 18.2 Å². The number of rotatable bonds is 6. The minimum atomic E-state index is -0.188. The smallest absolute Gasteiger partial charge is 0.238 e. The predicted molar refractivity (Wildman–Crippen MR) is 73.8 cm³/mol. The molecule has 0 aromatic heterocycles. The summed E-state index contributed by atoms with van der Waals surface area (Å²) in [6.07, 6.45) is 1.03. The zero-order valence-electron chi connectivity index (χ0n) is 11.3. The Balaban J connectivity index is 2.59. The minimum absolute atomic E-state index is 0.00786. The van der Waals surface area contributed by atoms with Gasteiger partial charge in [-0.1, -0.05) is 13.8 Å². The summed E-state index contributed by atoms with van der Waals surface area (Å²) in [6.45, 7) is 6.97. The topological polar surface area (TPSA) is 64.3 Å². The molecular weight excluding hydrogens is 228 g/mol. The van der Waals surface area contributed by atoms with Crippen LogP contribution in [-0.4, -0.2) is 19.1 Å². The van der Waals surface area contributed by atoms with Gasteiger partial charge in [-0.2, -0.15) is 0 Å². The highest BCUT2D eigenvalue weighted by Crippen LogP contribution is 2.21. The summed E-state index contributed by atoms with van der Waals surface area (Å²) in [5.74, 6) is 1.28. The van der Waals surface area contributed by atoms with Gasteiger partial charge in [0.1, 0.15) is 5.75 Å². The van der Waals surface area contributed by atoms with Crippen molar-refractivity contribution >= 4 is 11.6 Å². The molecule has 0 saturated carbocycles. The Morgan fingerprint density at radius 2 is 2.17 bits per heavy atom. The monoisotopic (exact) mass is 250 g/mol. The van der Waals surface area contributed by atoms with Crippen LogP contribution >= 0.6 is 0 Å². The number of nitrogens with two attached hydrogens (primary N) is 1. The predicted octanol–water partition coefficient (Wildman–Crippen LogP) is 2.32. The van der Waals surface area contributed by atoms with Crippen molar-refractivity contribution in [3.8, 4) is 5.75 Å². The van der Waals surface area contributed by atoms with Gasteiger partial charge in [0.05, 0.1) is 13.2 Å². The van der Waals surface area contributed by atoms with Gasteiger partial charge >= 0.3 is 0 Å². The van der Waals surface area contributed by atoms with E-state index in [1.54, 1.807) is 0 Å². The maximum Gasteiger partial charge on any atom is 0.238 e. The van der Waals surface area contributed by atoms with E-state index in [-0.39, 0.29) is 12.5 Å². The third kappa shape index (κ3) is 4.75. The minimum Gasteiger partial charge on any atom is -0.494 e. The van der Waals surface area contributed by atoms with Crippen LogP contribution in [0.25, 0.3) is 0 Å². The van der Waals surface area contributed by atoms with E-state index in [0.717, 1.165) is 23.4 Å². The number of aryl methyl sites for hydroxylation is 1. The average molecular weight is 250 g/mol. The van der Waals surface area contributed by atoms with Gasteiger partial charge in [0, 0.05) is 5.69 Å². The van der Waals surface area contributed by atoms with E-state index in [4.69, 9.17) is 10.5 Å². The van der Waals surface area contributed by atoms with Gasteiger partial charge in [-0.25, -0.2) is 0 Å². The molecule has 1 aromatic carbocycles. The number of hydrogen-bond donors (Lipinski definition) is 2. The number of hydrogen-bond acceptors (Lipinski definition) is 3. The van der Waals surface area contributed by atoms with Gasteiger partial charge in [0.15, 0.2) is 0 Å². The molecule has 100 valence electrons. The molecule has 0 bridgehead atoms. The van der Waals surface area contributed by atoms with Crippen molar-refractivity contribution in [3.05, 3.63) is 23.8 Å². The number of carbonyl (C=O) groups excluding carboxylic acids is 1. The SMILES string of the molecule is Cc1cc(OCCC(C)C)ccc1NC(=O)CN. The molecule has 3 N–H and O–H groups in total. The van der Waals surface area contributed by atoms with Crippen molar-refractivity contribution in [2.45, 2.75) is 27.2 Å². The zero-order valence-corrected chi connectivity index (χ0v) is 11.3. The van der Waals surface area contributed by atoms with Crippen LogP contribution in [0.1, 0.15) is 25.8 Å². The molecule has 18 heavy (non-hydrogen) atoms. The number of nitrogens with one attached hydrogen (secondary N) is 1. The van der Waals surface area contributed by atoms with Crippen LogP contribution in [0.2, 0.25) is 0 Å². The van der Waals surface area contributed by atoms with E-state index in [2.05, 4.69) is 19.2 Å². The van der Waals surface area contributed by atoms with Crippen molar-refractivity contribution < 1.29 is 9.53 Å². The Bertz CT molecular complexity index is 403. The Hall–Kier alpha value is -1.55. The first kappa shape index (κ1) is 14.5. The van der Waals surface area contributed by atoms with Crippen LogP contribution < -0.4 is 15.8 Å². The van der Waals surface area contributed by atoms with Crippen molar-refractivity contribution in [1.29, 1.82) is 0 Å². The Kier molecular flexibility index (Phi) is 5.65. The van der Waals surface area contributed by atoms with Crippen LogP contribution in [-0.2, 0) is 4.79 Å². The van der Waals surface area contributed by atoms with E-state index in [0.29, 0.717) is 12.5 Å². The first-order chi connectivity index (χ1) is 8.52. The lowest BCUT2D eigenvalue weighted by atomic mass is 10.1. The number of carbonyl (C=O) groups is 1. The molecule has 1 rings (SSSR count). The lowest BCUT2D eigenvalue weighted by Crippen LogP contribution is -2.22. The first-order valence-electron chi connectivity index (χ1n) is 6.26. The molecule has 4 nitrogen and oxygen atoms in total. The second kappa shape index (κ2) is 7.01. The van der Waals surface area contributed by atoms with Crippen LogP contribution in [0, 0.1) is 12.8 Å². The molecule has 0 aliphatic carbocycles. The Morgan fingerprint density at radius 1 is 1.44 bits per heavy atom.